The first-order chi connectivity index (χ1) is 14.9. The Morgan fingerprint density at radius 3 is 2.55 bits per heavy atom. The molecule has 162 valence electrons. The molecule has 0 radical (unpaired) electrons. The summed E-state index contributed by atoms with van der Waals surface area (Å²) in [6.07, 6.45) is -3.36. The quantitative estimate of drug-likeness (QED) is 0.450. The molecule has 6 nitrogen and oxygen atoms in total. The fourth-order valence-corrected chi connectivity index (χ4v) is 3.29. The highest BCUT2D eigenvalue weighted by atomic mass is 19.4. The zero-order valence-electron chi connectivity index (χ0n) is 16.8. The van der Waals surface area contributed by atoms with Crippen LogP contribution in [0.25, 0.3) is 11.4 Å². The summed E-state index contributed by atoms with van der Waals surface area (Å²) in [6, 6.07) is 12.3. The maximum absolute atomic E-state index is 12.6. The van der Waals surface area contributed by atoms with E-state index in [1.165, 1.54) is 12.1 Å². The van der Waals surface area contributed by atoms with Crippen molar-refractivity contribution >= 4 is 5.71 Å². The fourth-order valence-electron chi connectivity index (χ4n) is 3.29. The second-order valence-corrected chi connectivity index (χ2v) is 7.37. The van der Waals surface area contributed by atoms with Gasteiger partial charge in [-0.3, -0.25) is 0 Å². The van der Waals surface area contributed by atoms with Gasteiger partial charge in [-0.1, -0.05) is 46.7 Å². The summed E-state index contributed by atoms with van der Waals surface area (Å²) < 4.78 is 43.2. The molecule has 0 bridgehead atoms. The third kappa shape index (κ3) is 5.11. The van der Waals surface area contributed by atoms with Gasteiger partial charge in [-0.25, -0.2) is 0 Å². The summed E-state index contributed by atoms with van der Waals surface area (Å²) in [5.74, 6) is 1.46. The number of oxime groups is 1. The van der Waals surface area contributed by atoms with Gasteiger partial charge in [0.25, 0.3) is 0 Å². The molecule has 31 heavy (non-hydrogen) atoms. The molecule has 1 aliphatic rings. The molecule has 2 aromatic carbocycles. The molecule has 1 aromatic heterocycles. The van der Waals surface area contributed by atoms with E-state index < -0.39 is 11.7 Å². The Hall–Kier alpha value is -3.20. The lowest BCUT2D eigenvalue weighted by molar-refractivity contribution is -0.137. The number of nitrogens with one attached hydrogen (secondary N) is 1. The van der Waals surface area contributed by atoms with Crippen molar-refractivity contribution in [3.8, 4) is 11.4 Å². The third-order valence-electron chi connectivity index (χ3n) is 5.13. The molecule has 4 rings (SSSR count). The lowest BCUT2D eigenvalue weighted by Gasteiger charge is -2.07. The number of aromatic nitrogens is 2. The van der Waals surface area contributed by atoms with E-state index in [1.807, 2.05) is 24.3 Å². The predicted molar refractivity (Wildman–Crippen MR) is 108 cm³/mol. The topological polar surface area (TPSA) is 72.5 Å². The number of hydrogen-bond acceptors (Lipinski definition) is 6. The maximum atomic E-state index is 12.6. The van der Waals surface area contributed by atoms with E-state index in [-0.39, 0.29) is 12.5 Å². The van der Waals surface area contributed by atoms with Crippen LogP contribution < -0.4 is 5.32 Å². The van der Waals surface area contributed by atoms with E-state index in [1.54, 1.807) is 6.92 Å². The minimum Gasteiger partial charge on any atom is -0.391 e. The molecular weight excluding hydrogens is 409 g/mol. The first kappa shape index (κ1) is 21.0. The Morgan fingerprint density at radius 1 is 1.16 bits per heavy atom. The van der Waals surface area contributed by atoms with Crippen molar-refractivity contribution < 1.29 is 22.5 Å². The highest BCUT2D eigenvalue weighted by Crippen LogP contribution is 2.29. The van der Waals surface area contributed by atoms with Gasteiger partial charge in [0.1, 0.15) is 6.61 Å². The normalized spacial score (nSPS) is 17.2. The average molecular weight is 430 g/mol. The van der Waals surface area contributed by atoms with Crippen molar-refractivity contribution in [3.05, 3.63) is 71.1 Å². The molecule has 0 spiro atoms. The van der Waals surface area contributed by atoms with Crippen LogP contribution in [0.3, 0.4) is 0 Å². The first-order valence-corrected chi connectivity index (χ1v) is 9.88. The van der Waals surface area contributed by atoms with E-state index in [0.29, 0.717) is 23.0 Å². The number of hydrogen-bond donors (Lipinski definition) is 1. The molecule has 1 saturated heterocycles. The van der Waals surface area contributed by atoms with Crippen molar-refractivity contribution in [1.82, 2.24) is 15.5 Å². The summed E-state index contributed by atoms with van der Waals surface area (Å²) in [5, 5.41) is 11.4. The molecule has 3 aromatic rings. The van der Waals surface area contributed by atoms with Crippen LogP contribution in [0.5, 0.6) is 0 Å². The van der Waals surface area contributed by atoms with Gasteiger partial charge in [-0.05, 0) is 43.1 Å². The Balaban J connectivity index is 1.35. The van der Waals surface area contributed by atoms with E-state index in [9.17, 15) is 13.2 Å². The molecule has 2 heterocycles. The lowest BCUT2D eigenvalue weighted by atomic mass is 10.1. The highest BCUT2D eigenvalue weighted by molar-refractivity contribution is 5.98. The summed E-state index contributed by atoms with van der Waals surface area (Å²) in [7, 11) is 0. The van der Waals surface area contributed by atoms with Crippen LogP contribution in [0.2, 0.25) is 0 Å². The average Bonchev–Trinajstić information content (AvgIpc) is 3.45. The number of nitrogens with zero attached hydrogens (tertiary/aromatic N) is 3. The highest BCUT2D eigenvalue weighted by Gasteiger charge is 2.29. The Kier molecular flexibility index (Phi) is 6.03. The van der Waals surface area contributed by atoms with Crippen LogP contribution in [-0.4, -0.2) is 28.9 Å². The van der Waals surface area contributed by atoms with Crippen molar-refractivity contribution in [2.45, 2.75) is 32.0 Å². The smallest absolute Gasteiger partial charge is 0.391 e. The molecule has 1 aliphatic heterocycles. The minimum atomic E-state index is -4.35. The maximum Gasteiger partial charge on any atom is 0.416 e. The van der Waals surface area contributed by atoms with Gasteiger partial charge in [0, 0.05) is 12.1 Å². The monoisotopic (exact) mass is 430 g/mol. The van der Waals surface area contributed by atoms with Gasteiger partial charge in [0.15, 0.2) is 0 Å². The van der Waals surface area contributed by atoms with Gasteiger partial charge in [-0.2, -0.15) is 18.2 Å². The number of alkyl halides is 3. The van der Waals surface area contributed by atoms with E-state index in [4.69, 9.17) is 9.36 Å². The van der Waals surface area contributed by atoms with Crippen LogP contribution in [0.1, 0.15) is 41.8 Å². The van der Waals surface area contributed by atoms with E-state index in [2.05, 4.69) is 20.6 Å². The molecule has 0 unspecified atom stereocenters. The van der Waals surface area contributed by atoms with Gasteiger partial charge in [0.2, 0.25) is 11.7 Å². The van der Waals surface area contributed by atoms with Gasteiger partial charge < -0.3 is 14.7 Å². The van der Waals surface area contributed by atoms with Crippen LogP contribution in [-0.2, 0) is 17.6 Å². The molecular formula is C22H21F3N4O2. The molecule has 0 amide bonds. The number of benzene rings is 2. The Labute approximate surface area is 177 Å². The second kappa shape index (κ2) is 8.89. The van der Waals surface area contributed by atoms with Crippen LogP contribution in [0.4, 0.5) is 13.2 Å². The SMILES string of the molecule is CC(=NOCc1ccc(C(F)(F)F)cc1)c1ccc(-c2noc([C@@H]3CCNC3)n2)cc1. The summed E-state index contributed by atoms with van der Waals surface area (Å²) in [6.45, 7) is 3.68. The molecule has 9 heteroatoms. The van der Waals surface area contributed by atoms with Crippen LogP contribution in [0, 0.1) is 0 Å². The lowest BCUT2D eigenvalue weighted by Crippen LogP contribution is -2.08. The number of halogens is 3. The number of rotatable bonds is 6. The minimum absolute atomic E-state index is 0.0786. The van der Waals surface area contributed by atoms with E-state index >= 15 is 0 Å². The van der Waals surface area contributed by atoms with Crippen molar-refractivity contribution in [2.75, 3.05) is 13.1 Å². The second-order valence-electron chi connectivity index (χ2n) is 7.37. The molecule has 1 fully saturated rings. The van der Waals surface area contributed by atoms with Crippen LogP contribution >= 0.6 is 0 Å². The molecule has 1 atom stereocenters. The van der Waals surface area contributed by atoms with Gasteiger partial charge in [0.05, 0.1) is 17.2 Å². The summed E-state index contributed by atoms with van der Waals surface area (Å²) in [5.41, 5.74) is 2.24. The zero-order valence-corrected chi connectivity index (χ0v) is 16.8. The zero-order chi connectivity index (χ0) is 21.8. The fraction of sp³-hybridized carbons (Fsp3) is 0.318. The Bertz CT molecular complexity index is 1040. The Morgan fingerprint density at radius 2 is 1.90 bits per heavy atom. The largest absolute Gasteiger partial charge is 0.416 e. The standard InChI is InChI=1S/C22H21F3N4O2/c1-14(28-30-13-15-2-8-19(9-3-15)22(23,24)25)16-4-6-17(7-5-16)20-27-21(31-29-20)18-10-11-26-12-18/h2-9,18,26H,10-13H2,1H3/t18-/m1/s1. The van der Waals surface area contributed by atoms with Crippen molar-refractivity contribution in [1.29, 1.82) is 0 Å². The first-order valence-electron chi connectivity index (χ1n) is 9.88. The molecule has 1 N–H and O–H groups in total. The van der Waals surface area contributed by atoms with Crippen molar-refractivity contribution in [2.24, 2.45) is 5.16 Å². The van der Waals surface area contributed by atoms with Crippen molar-refractivity contribution in [3.63, 3.8) is 0 Å². The molecule has 0 aliphatic carbocycles. The third-order valence-corrected chi connectivity index (χ3v) is 5.13. The van der Waals surface area contributed by atoms with Crippen LogP contribution in [0.15, 0.2) is 58.2 Å². The predicted octanol–water partition coefficient (Wildman–Crippen LogP) is 4.77. The van der Waals surface area contributed by atoms with E-state index in [0.717, 1.165) is 42.8 Å². The molecule has 0 saturated carbocycles. The summed E-state index contributed by atoms with van der Waals surface area (Å²) >= 11 is 0. The van der Waals surface area contributed by atoms with Gasteiger partial charge >= 0.3 is 6.18 Å². The summed E-state index contributed by atoms with van der Waals surface area (Å²) in [4.78, 5) is 9.80. The van der Waals surface area contributed by atoms with Gasteiger partial charge in [-0.15, -0.1) is 0 Å².